The summed E-state index contributed by atoms with van der Waals surface area (Å²) < 4.78 is 18.2. The van der Waals surface area contributed by atoms with Crippen LogP contribution >= 0.6 is 0 Å². The van der Waals surface area contributed by atoms with E-state index < -0.39 is 11.9 Å². The number of aliphatic hydroxyl groups is 1. The van der Waals surface area contributed by atoms with E-state index in [0.29, 0.717) is 0 Å². The lowest BCUT2D eigenvalue weighted by molar-refractivity contribution is 0.264. The van der Waals surface area contributed by atoms with Crippen molar-refractivity contribution >= 4 is 0 Å². The Labute approximate surface area is 75.9 Å². The molecule has 1 unspecified atom stereocenters. The van der Waals surface area contributed by atoms with Gasteiger partial charge in [0.2, 0.25) is 0 Å². The van der Waals surface area contributed by atoms with Gasteiger partial charge in [-0.1, -0.05) is 12.1 Å². The summed E-state index contributed by atoms with van der Waals surface area (Å²) in [7, 11) is 1.38. The van der Waals surface area contributed by atoms with E-state index in [0.717, 1.165) is 0 Å². The summed E-state index contributed by atoms with van der Waals surface area (Å²) in [4.78, 5) is 0. The SMILES string of the molecule is COc1cccc(C(N)CO)c1F. The lowest BCUT2D eigenvalue weighted by atomic mass is 10.1. The monoisotopic (exact) mass is 185 g/mol. The number of benzene rings is 1. The first-order valence-electron chi connectivity index (χ1n) is 3.89. The molecule has 0 aliphatic rings. The summed E-state index contributed by atoms with van der Waals surface area (Å²) in [6.45, 7) is -0.288. The third-order valence-corrected chi connectivity index (χ3v) is 1.81. The van der Waals surface area contributed by atoms with Crippen LogP contribution in [0.2, 0.25) is 0 Å². The molecule has 3 nitrogen and oxygen atoms in total. The normalized spacial score (nSPS) is 12.6. The number of hydrogen-bond acceptors (Lipinski definition) is 3. The Balaban J connectivity index is 3.08. The minimum absolute atomic E-state index is 0.140. The molecule has 0 aliphatic heterocycles. The molecule has 1 aromatic rings. The van der Waals surface area contributed by atoms with Gasteiger partial charge in [-0.25, -0.2) is 4.39 Å². The molecular weight excluding hydrogens is 173 g/mol. The summed E-state index contributed by atoms with van der Waals surface area (Å²) in [5.41, 5.74) is 5.74. The minimum Gasteiger partial charge on any atom is -0.494 e. The van der Waals surface area contributed by atoms with Crippen LogP contribution in [0.5, 0.6) is 5.75 Å². The Hall–Kier alpha value is -1.13. The van der Waals surface area contributed by atoms with E-state index in [2.05, 4.69) is 0 Å². The van der Waals surface area contributed by atoms with Gasteiger partial charge in [0.15, 0.2) is 11.6 Å². The van der Waals surface area contributed by atoms with Crippen LogP contribution in [0.3, 0.4) is 0 Å². The highest BCUT2D eigenvalue weighted by Gasteiger charge is 2.13. The second-order valence-corrected chi connectivity index (χ2v) is 2.65. The fraction of sp³-hybridized carbons (Fsp3) is 0.333. The van der Waals surface area contributed by atoms with Gasteiger partial charge >= 0.3 is 0 Å². The summed E-state index contributed by atoms with van der Waals surface area (Å²) in [5, 5.41) is 8.74. The fourth-order valence-corrected chi connectivity index (χ4v) is 1.07. The Morgan fingerprint density at radius 1 is 1.62 bits per heavy atom. The second kappa shape index (κ2) is 4.20. The van der Waals surface area contributed by atoms with Crippen LogP contribution in [-0.4, -0.2) is 18.8 Å². The first kappa shape index (κ1) is 9.95. The van der Waals surface area contributed by atoms with Gasteiger partial charge in [-0.3, -0.25) is 0 Å². The zero-order chi connectivity index (χ0) is 9.84. The summed E-state index contributed by atoms with van der Waals surface area (Å²) in [5.74, 6) is -0.368. The predicted octanol–water partition coefficient (Wildman–Crippen LogP) is 0.826. The molecule has 0 radical (unpaired) electrons. The van der Waals surface area contributed by atoms with Crippen molar-refractivity contribution in [3.05, 3.63) is 29.6 Å². The van der Waals surface area contributed by atoms with Crippen molar-refractivity contribution in [1.29, 1.82) is 0 Å². The zero-order valence-electron chi connectivity index (χ0n) is 7.33. The highest BCUT2D eigenvalue weighted by Crippen LogP contribution is 2.23. The average Bonchev–Trinajstić information content (AvgIpc) is 2.17. The average molecular weight is 185 g/mol. The van der Waals surface area contributed by atoms with Gasteiger partial charge in [0, 0.05) is 5.56 Å². The minimum atomic E-state index is -0.699. The van der Waals surface area contributed by atoms with Gasteiger partial charge in [-0.2, -0.15) is 0 Å². The summed E-state index contributed by atoms with van der Waals surface area (Å²) in [6, 6.07) is 3.96. The maximum atomic E-state index is 13.4. The van der Waals surface area contributed by atoms with E-state index in [4.69, 9.17) is 15.6 Å². The number of ether oxygens (including phenoxy) is 1. The third-order valence-electron chi connectivity index (χ3n) is 1.81. The third kappa shape index (κ3) is 1.96. The maximum Gasteiger partial charge on any atom is 0.169 e. The Morgan fingerprint density at radius 3 is 2.85 bits per heavy atom. The Morgan fingerprint density at radius 2 is 2.31 bits per heavy atom. The van der Waals surface area contributed by atoms with Crippen LogP contribution in [0.4, 0.5) is 4.39 Å². The molecule has 1 aromatic carbocycles. The quantitative estimate of drug-likeness (QED) is 0.733. The van der Waals surface area contributed by atoms with Gasteiger partial charge in [0.1, 0.15) is 0 Å². The molecule has 0 bridgehead atoms. The van der Waals surface area contributed by atoms with Gasteiger partial charge in [-0.15, -0.1) is 0 Å². The Kier molecular flexibility index (Phi) is 3.22. The van der Waals surface area contributed by atoms with Gasteiger partial charge in [0.25, 0.3) is 0 Å². The summed E-state index contributed by atoms with van der Waals surface area (Å²) >= 11 is 0. The molecule has 0 aromatic heterocycles. The standard InChI is InChI=1S/C9H12FNO2/c1-13-8-4-2-3-6(9(8)10)7(11)5-12/h2-4,7,12H,5,11H2,1H3. The number of hydrogen-bond donors (Lipinski definition) is 2. The maximum absolute atomic E-state index is 13.4. The smallest absolute Gasteiger partial charge is 0.169 e. The Bertz CT molecular complexity index is 291. The molecule has 0 aliphatic carbocycles. The van der Waals surface area contributed by atoms with Crippen molar-refractivity contribution in [3.63, 3.8) is 0 Å². The molecule has 1 atom stereocenters. The van der Waals surface area contributed by atoms with Crippen LogP contribution in [-0.2, 0) is 0 Å². The highest BCUT2D eigenvalue weighted by atomic mass is 19.1. The highest BCUT2D eigenvalue weighted by molar-refractivity contribution is 5.32. The molecule has 13 heavy (non-hydrogen) atoms. The lowest BCUT2D eigenvalue weighted by Gasteiger charge is -2.11. The van der Waals surface area contributed by atoms with Gasteiger partial charge in [-0.05, 0) is 6.07 Å². The molecule has 0 saturated heterocycles. The van der Waals surface area contributed by atoms with E-state index in [-0.39, 0.29) is 17.9 Å². The van der Waals surface area contributed by atoms with Crippen LogP contribution in [0.15, 0.2) is 18.2 Å². The number of nitrogens with two attached hydrogens (primary N) is 1. The molecule has 0 amide bonds. The molecule has 4 heteroatoms. The number of aliphatic hydroxyl groups excluding tert-OH is 1. The molecule has 72 valence electrons. The van der Waals surface area contributed by atoms with Crippen molar-refractivity contribution in [2.45, 2.75) is 6.04 Å². The molecule has 0 saturated carbocycles. The van der Waals surface area contributed by atoms with Gasteiger partial charge in [0.05, 0.1) is 19.8 Å². The van der Waals surface area contributed by atoms with E-state index >= 15 is 0 Å². The van der Waals surface area contributed by atoms with E-state index in [1.807, 2.05) is 0 Å². The van der Waals surface area contributed by atoms with Crippen LogP contribution < -0.4 is 10.5 Å². The largest absolute Gasteiger partial charge is 0.494 e. The first-order valence-corrected chi connectivity index (χ1v) is 3.89. The van der Waals surface area contributed by atoms with Gasteiger partial charge < -0.3 is 15.6 Å². The van der Waals surface area contributed by atoms with E-state index in [1.54, 1.807) is 6.07 Å². The number of halogens is 1. The molecular formula is C9H12FNO2. The first-order chi connectivity index (χ1) is 6.20. The van der Waals surface area contributed by atoms with Crippen molar-refractivity contribution in [2.75, 3.05) is 13.7 Å². The van der Waals surface area contributed by atoms with Crippen LogP contribution in [0.25, 0.3) is 0 Å². The summed E-state index contributed by atoms with van der Waals surface area (Å²) in [6.07, 6.45) is 0. The van der Waals surface area contributed by atoms with Crippen molar-refractivity contribution in [3.8, 4) is 5.75 Å². The second-order valence-electron chi connectivity index (χ2n) is 2.65. The van der Waals surface area contributed by atoms with Crippen LogP contribution in [0.1, 0.15) is 11.6 Å². The lowest BCUT2D eigenvalue weighted by Crippen LogP contribution is -2.16. The predicted molar refractivity (Wildman–Crippen MR) is 47.0 cm³/mol. The molecule has 1 rings (SSSR count). The topological polar surface area (TPSA) is 55.5 Å². The van der Waals surface area contributed by atoms with Crippen molar-refractivity contribution < 1.29 is 14.2 Å². The van der Waals surface area contributed by atoms with E-state index in [9.17, 15) is 4.39 Å². The molecule has 3 N–H and O–H groups in total. The molecule has 0 fully saturated rings. The zero-order valence-corrected chi connectivity index (χ0v) is 7.33. The van der Waals surface area contributed by atoms with E-state index in [1.165, 1.54) is 19.2 Å². The number of methoxy groups -OCH3 is 1. The molecule has 0 spiro atoms. The fourth-order valence-electron chi connectivity index (χ4n) is 1.07. The molecule has 0 heterocycles. The van der Waals surface area contributed by atoms with Crippen molar-refractivity contribution in [2.24, 2.45) is 5.73 Å². The van der Waals surface area contributed by atoms with Crippen molar-refractivity contribution in [1.82, 2.24) is 0 Å². The number of rotatable bonds is 3. The van der Waals surface area contributed by atoms with Crippen LogP contribution in [0, 0.1) is 5.82 Å².